The summed E-state index contributed by atoms with van der Waals surface area (Å²) in [4.78, 5) is 42.1. The molecule has 16 aromatic rings. The van der Waals surface area contributed by atoms with Gasteiger partial charge in [0.25, 0.3) is 0 Å². The molecule has 11 aromatic carbocycles. The van der Waals surface area contributed by atoms with E-state index in [4.69, 9.17) is 24.4 Å². The van der Waals surface area contributed by atoms with Gasteiger partial charge in [-0.15, -0.1) is 0 Å². The molecule has 83 heavy (non-hydrogen) atoms. The molecule has 18 rings (SSSR count). The van der Waals surface area contributed by atoms with E-state index in [-0.39, 0.29) is 0 Å². The Bertz CT molecular complexity index is 5070. The lowest BCUT2D eigenvalue weighted by Crippen LogP contribution is -2.36. The van der Waals surface area contributed by atoms with Gasteiger partial charge in [0.2, 0.25) is 23.8 Å². The SMILES string of the molecule is c1ccc2c(c1)-c1c(N(c3nc4ccccc4[nH]3)c3nc4ccccc4[nH]3)cccc1C21c2ccccc2N(c2ccc(-c3cccc4nc(N(c5ccc6c(c5)oc5ccccc56)c5nc6ccccc6[nH]5)[nH]c34)cc2)c2ccccc21. The number of H-pyrrole nitrogens is 4. The van der Waals surface area contributed by atoms with Gasteiger partial charge in [-0.05, 0) is 124 Å². The van der Waals surface area contributed by atoms with E-state index in [9.17, 15) is 0 Å². The van der Waals surface area contributed by atoms with Gasteiger partial charge in [0.1, 0.15) is 11.2 Å². The van der Waals surface area contributed by atoms with Crippen molar-refractivity contribution in [2.24, 2.45) is 0 Å². The summed E-state index contributed by atoms with van der Waals surface area (Å²) in [6, 6.07) is 87.6. The highest BCUT2D eigenvalue weighted by Gasteiger charge is 2.52. The van der Waals surface area contributed by atoms with Crippen LogP contribution in [0, 0.1) is 0 Å². The predicted octanol–water partition coefficient (Wildman–Crippen LogP) is 17.8. The zero-order chi connectivity index (χ0) is 54.3. The zero-order valence-corrected chi connectivity index (χ0v) is 44.2. The molecule has 1 aliphatic carbocycles. The topological polar surface area (TPSA) is 138 Å². The predicted molar refractivity (Wildman–Crippen MR) is 333 cm³/mol. The van der Waals surface area contributed by atoms with Crippen LogP contribution >= 0.6 is 0 Å². The second-order valence-corrected chi connectivity index (χ2v) is 21.4. The fourth-order valence-electron chi connectivity index (χ4n) is 13.4. The number of furan rings is 1. The Balaban J connectivity index is 0.763. The maximum Gasteiger partial charge on any atom is 0.215 e. The first-order valence-electron chi connectivity index (χ1n) is 27.8. The number of nitrogens with one attached hydrogen (secondary N) is 4. The molecule has 0 fully saturated rings. The molecule has 0 saturated heterocycles. The van der Waals surface area contributed by atoms with Crippen molar-refractivity contribution in [3.8, 4) is 22.3 Å². The number of hydrogen-bond acceptors (Lipinski definition) is 8. The number of benzene rings is 11. The minimum Gasteiger partial charge on any atom is -0.456 e. The van der Waals surface area contributed by atoms with Gasteiger partial charge in [0.05, 0.1) is 72.3 Å². The summed E-state index contributed by atoms with van der Waals surface area (Å²) < 4.78 is 6.41. The number of aromatic amines is 4. The van der Waals surface area contributed by atoms with E-state index in [1.54, 1.807) is 0 Å². The number of anilines is 9. The van der Waals surface area contributed by atoms with Crippen LogP contribution in [0.3, 0.4) is 0 Å². The molecule has 0 amide bonds. The van der Waals surface area contributed by atoms with Gasteiger partial charge in [-0.25, -0.2) is 29.7 Å². The highest BCUT2D eigenvalue weighted by Crippen LogP contribution is 2.65. The van der Waals surface area contributed by atoms with Gasteiger partial charge < -0.3 is 29.3 Å². The summed E-state index contributed by atoms with van der Waals surface area (Å²) in [6.07, 6.45) is 0. The molecule has 6 heterocycles. The highest BCUT2D eigenvalue weighted by molar-refractivity contribution is 6.07. The largest absolute Gasteiger partial charge is 0.456 e. The minimum atomic E-state index is -0.693. The molecule has 4 N–H and O–H groups in total. The first-order valence-corrected chi connectivity index (χ1v) is 27.8. The van der Waals surface area contributed by atoms with Crippen molar-refractivity contribution in [3.63, 3.8) is 0 Å². The molecule has 0 radical (unpaired) electrons. The molecule has 0 saturated carbocycles. The standard InChI is InChI=1S/C71H45N11O/c1-3-20-49-48(18-1)65-52(23-16-33-62(65)82(68-74-55-26-8-9-27-56(55)75-68)69-76-57-28-10-11-29-58(57)77-69)71(49)50-21-4-12-31-60(50)80(61-32-13-5-22-51(61)71)43-37-35-42(36-38-43)45-19-15-30-59-66(45)79-70(78-59)81(67-72-53-24-6-7-25-54(53)73-67)44-39-40-47-46-17-2-14-34-63(46)83-64(47)41-44/h1-41H,(H,72,73)(H,74,75)(H,76,77)(H,78,79). The number of hydrogen-bond donors (Lipinski definition) is 4. The van der Waals surface area contributed by atoms with E-state index < -0.39 is 5.41 Å². The molecule has 12 nitrogen and oxygen atoms in total. The lowest BCUT2D eigenvalue weighted by molar-refractivity contribution is 0.669. The van der Waals surface area contributed by atoms with Gasteiger partial charge in [0.15, 0.2) is 0 Å². The smallest absolute Gasteiger partial charge is 0.215 e. The minimum absolute atomic E-state index is 0.619. The molecule has 2 aliphatic rings. The van der Waals surface area contributed by atoms with Crippen LogP contribution in [0.2, 0.25) is 0 Å². The Morgan fingerprint density at radius 2 is 0.880 bits per heavy atom. The quantitative estimate of drug-likeness (QED) is 0.118. The molecule has 390 valence electrons. The molecule has 5 aromatic heterocycles. The van der Waals surface area contributed by atoms with Crippen LogP contribution in [-0.4, -0.2) is 39.9 Å². The number of nitrogens with zero attached hydrogens (tertiary/aromatic N) is 7. The van der Waals surface area contributed by atoms with Crippen molar-refractivity contribution >= 4 is 118 Å². The Labute approximate surface area is 473 Å². The molecule has 0 unspecified atom stereocenters. The zero-order valence-electron chi connectivity index (χ0n) is 44.2. The number of imidazole rings is 4. The first kappa shape index (κ1) is 45.4. The third-order valence-electron chi connectivity index (χ3n) is 16.9. The van der Waals surface area contributed by atoms with Crippen molar-refractivity contribution in [2.45, 2.75) is 5.41 Å². The van der Waals surface area contributed by atoms with E-state index in [0.717, 1.165) is 117 Å². The molecular formula is C71H45N11O. The third-order valence-corrected chi connectivity index (χ3v) is 16.9. The monoisotopic (exact) mass is 1070 g/mol. The van der Waals surface area contributed by atoms with Crippen molar-refractivity contribution in [1.82, 2.24) is 39.9 Å². The maximum absolute atomic E-state index is 6.41. The van der Waals surface area contributed by atoms with Gasteiger partial charge in [-0.3, -0.25) is 0 Å². The van der Waals surface area contributed by atoms with E-state index in [1.807, 2.05) is 83.8 Å². The van der Waals surface area contributed by atoms with Crippen LogP contribution in [0.25, 0.3) is 88.3 Å². The Morgan fingerprint density at radius 1 is 0.373 bits per heavy atom. The molecule has 0 atom stereocenters. The molecule has 0 bridgehead atoms. The van der Waals surface area contributed by atoms with Gasteiger partial charge >= 0.3 is 0 Å². The highest BCUT2D eigenvalue weighted by atomic mass is 16.3. The number of para-hydroxylation sites is 10. The number of fused-ring (bicyclic) bond motifs is 16. The Kier molecular flexibility index (Phi) is 9.43. The van der Waals surface area contributed by atoms with E-state index >= 15 is 0 Å². The average molecular weight is 1070 g/mol. The fourth-order valence-corrected chi connectivity index (χ4v) is 13.4. The lowest BCUT2D eigenvalue weighted by atomic mass is 9.64. The Hall–Kier alpha value is -11.5. The van der Waals surface area contributed by atoms with E-state index in [2.05, 4.69) is 200 Å². The summed E-state index contributed by atoms with van der Waals surface area (Å²) >= 11 is 0. The maximum atomic E-state index is 6.41. The van der Waals surface area contributed by atoms with Crippen LogP contribution in [0.4, 0.5) is 52.2 Å². The summed E-state index contributed by atoms with van der Waals surface area (Å²) in [6.45, 7) is 0. The average Bonchev–Trinajstić information content (AvgIpc) is 1.88. The second kappa shape index (κ2) is 17.3. The van der Waals surface area contributed by atoms with Gasteiger partial charge in [-0.2, -0.15) is 0 Å². The Morgan fingerprint density at radius 3 is 1.55 bits per heavy atom. The molecule has 1 spiro atoms. The van der Waals surface area contributed by atoms with E-state index in [1.165, 1.54) is 22.3 Å². The third kappa shape index (κ3) is 6.56. The van der Waals surface area contributed by atoms with Crippen LogP contribution in [0.15, 0.2) is 253 Å². The first-order chi connectivity index (χ1) is 41.1. The number of rotatable bonds is 8. The lowest BCUT2D eigenvalue weighted by Gasteiger charge is -2.45. The fraction of sp³-hybridized carbons (Fsp3) is 0.0141. The van der Waals surface area contributed by atoms with Gasteiger partial charge in [0, 0.05) is 33.7 Å². The summed E-state index contributed by atoms with van der Waals surface area (Å²) in [7, 11) is 0. The van der Waals surface area contributed by atoms with Gasteiger partial charge in [-0.1, -0.05) is 152 Å². The normalized spacial score (nSPS) is 13.1. The molecular weight excluding hydrogens is 1020 g/mol. The summed E-state index contributed by atoms with van der Waals surface area (Å²) in [5, 5.41) is 2.12. The number of aromatic nitrogens is 8. The molecule has 1 aliphatic heterocycles. The second-order valence-electron chi connectivity index (χ2n) is 21.4. The van der Waals surface area contributed by atoms with Crippen LogP contribution in [0.1, 0.15) is 22.3 Å². The summed E-state index contributed by atoms with van der Waals surface area (Å²) in [5.74, 6) is 2.59. The van der Waals surface area contributed by atoms with Crippen LogP contribution < -0.4 is 14.7 Å². The van der Waals surface area contributed by atoms with Crippen molar-refractivity contribution in [2.75, 3.05) is 14.7 Å². The van der Waals surface area contributed by atoms with Crippen molar-refractivity contribution in [3.05, 3.63) is 271 Å². The molecule has 12 heteroatoms. The summed E-state index contributed by atoms with van der Waals surface area (Å²) in [5.41, 5.74) is 22.3. The van der Waals surface area contributed by atoms with Crippen molar-refractivity contribution in [1.29, 1.82) is 0 Å². The van der Waals surface area contributed by atoms with Crippen LogP contribution in [0.5, 0.6) is 0 Å². The van der Waals surface area contributed by atoms with Crippen molar-refractivity contribution < 1.29 is 4.42 Å². The van der Waals surface area contributed by atoms with Crippen LogP contribution in [-0.2, 0) is 5.41 Å². The van der Waals surface area contributed by atoms with E-state index in [0.29, 0.717) is 23.8 Å².